The number of aromatic nitrogens is 1. The Bertz CT molecular complexity index is 469. The summed E-state index contributed by atoms with van der Waals surface area (Å²) < 4.78 is 4.71. The van der Waals surface area contributed by atoms with E-state index in [0.29, 0.717) is 11.3 Å². The third kappa shape index (κ3) is 1.79. The average molecular weight is 227 g/mol. The molecule has 4 nitrogen and oxygen atoms in total. The number of fused-ring (bicyclic) bond motifs is 1. The summed E-state index contributed by atoms with van der Waals surface area (Å²) in [6.45, 7) is 0.164. The van der Waals surface area contributed by atoms with Gasteiger partial charge in [-0.05, 0) is 23.8 Å². The van der Waals surface area contributed by atoms with Gasteiger partial charge in [-0.15, -0.1) is 0 Å². The largest absolute Gasteiger partial charge is 0.387 e. The Morgan fingerprint density at radius 2 is 2.33 bits per heavy atom. The van der Waals surface area contributed by atoms with Crippen LogP contribution < -0.4 is 10.0 Å². The van der Waals surface area contributed by atoms with Crippen molar-refractivity contribution in [3.05, 3.63) is 30.0 Å². The van der Waals surface area contributed by atoms with Crippen LogP contribution in [0.15, 0.2) is 24.4 Å². The van der Waals surface area contributed by atoms with Crippen LogP contribution in [0, 0.1) is 0 Å². The van der Waals surface area contributed by atoms with Crippen LogP contribution in [0.5, 0.6) is 5.75 Å². The highest BCUT2D eigenvalue weighted by Gasteiger charge is 2.11. The third-order valence-electron chi connectivity index (χ3n) is 2.34. The monoisotopic (exact) mass is 226 g/mol. The van der Waals surface area contributed by atoms with Gasteiger partial charge in [0, 0.05) is 18.1 Å². The van der Waals surface area contributed by atoms with Crippen LogP contribution in [-0.4, -0.2) is 16.6 Å². The van der Waals surface area contributed by atoms with Gasteiger partial charge in [0.05, 0.1) is 11.6 Å². The minimum absolute atomic E-state index is 0.164. The van der Waals surface area contributed by atoms with E-state index >= 15 is 0 Å². The molecule has 0 aliphatic heterocycles. The molecule has 2 rings (SSSR count). The van der Waals surface area contributed by atoms with Gasteiger partial charge < -0.3 is 20.1 Å². The molecule has 2 aromatic rings. The van der Waals surface area contributed by atoms with Crippen molar-refractivity contribution < 1.29 is 9.40 Å². The molecule has 0 amide bonds. The van der Waals surface area contributed by atoms with Gasteiger partial charge in [0.15, 0.2) is 5.75 Å². The molecule has 80 valence electrons. The number of benzene rings is 1. The topological polar surface area (TPSA) is 71.3 Å². The fourth-order valence-corrected chi connectivity index (χ4v) is 1.67. The quantitative estimate of drug-likeness (QED) is 0.746. The molecule has 15 heavy (non-hydrogen) atoms. The van der Waals surface area contributed by atoms with E-state index in [9.17, 15) is 5.11 Å². The van der Waals surface area contributed by atoms with E-state index in [4.69, 9.17) is 21.9 Å². The standard InChI is InChI=1S/C10H11ClN2O2/c11-15-9-4-7(8(14)5-12)3-6-1-2-13-10(6)9/h1-4,8,13-14H,5,12H2. The summed E-state index contributed by atoms with van der Waals surface area (Å²) in [4.78, 5) is 3.00. The molecule has 4 N–H and O–H groups in total. The van der Waals surface area contributed by atoms with E-state index in [1.165, 1.54) is 0 Å². The van der Waals surface area contributed by atoms with Crippen LogP contribution in [-0.2, 0) is 0 Å². The van der Waals surface area contributed by atoms with Crippen LogP contribution >= 0.6 is 11.9 Å². The van der Waals surface area contributed by atoms with Gasteiger partial charge in [-0.25, -0.2) is 0 Å². The number of hydrogen-bond acceptors (Lipinski definition) is 3. The molecule has 0 aliphatic carbocycles. The average Bonchev–Trinajstić information content (AvgIpc) is 2.74. The van der Waals surface area contributed by atoms with Crippen LogP contribution in [0.2, 0.25) is 0 Å². The summed E-state index contributed by atoms with van der Waals surface area (Å²) in [5.41, 5.74) is 6.88. The van der Waals surface area contributed by atoms with E-state index < -0.39 is 6.10 Å². The van der Waals surface area contributed by atoms with Crippen molar-refractivity contribution in [2.75, 3.05) is 6.54 Å². The van der Waals surface area contributed by atoms with Gasteiger partial charge in [0.2, 0.25) is 0 Å². The lowest BCUT2D eigenvalue weighted by Crippen LogP contribution is -2.11. The summed E-state index contributed by atoms with van der Waals surface area (Å²) in [7, 11) is 0. The SMILES string of the molecule is NCC(O)c1cc(OCl)c2[nH]ccc2c1. The number of aromatic amines is 1. The zero-order valence-corrected chi connectivity index (χ0v) is 8.66. The number of aliphatic hydroxyl groups is 1. The first kappa shape index (κ1) is 10.3. The van der Waals surface area contributed by atoms with Crippen molar-refractivity contribution in [2.45, 2.75) is 6.10 Å². The number of rotatable bonds is 3. The molecule has 1 heterocycles. The molecule has 0 spiro atoms. The van der Waals surface area contributed by atoms with E-state index in [-0.39, 0.29) is 6.54 Å². The molecule has 1 unspecified atom stereocenters. The molecule has 1 aromatic carbocycles. The molecular formula is C10H11ClN2O2. The van der Waals surface area contributed by atoms with E-state index in [1.54, 1.807) is 12.3 Å². The van der Waals surface area contributed by atoms with Crippen LogP contribution in [0.4, 0.5) is 0 Å². The summed E-state index contributed by atoms with van der Waals surface area (Å²) >= 11 is 5.35. The molecule has 1 atom stereocenters. The van der Waals surface area contributed by atoms with Gasteiger partial charge in [-0.2, -0.15) is 0 Å². The predicted molar refractivity (Wildman–Crippen MR) is 58.8 cm³/mol. The Morgan fingerprint density at radius 1 is 1.53 bits per heavy atom. The zero-order valence-electron chi connectivity index (χ0n) is 7.90. The van der Waals surface area contributed by atoms with Crippen molar-refractivity contribution in [2.24, 2.45) is 5.73 Å². The van der Waals surface area contributed by atoms with Gasteiger partial charge in [-0.1, -0.05) is 0 Å². The Labute approximate surface area is 91.8 Å². The van der Waals surface area contributed by atoms with E-state index in [2.05, 4.69) is 4.98 Å². The van der Waals surface area contributed by atoms with Gasteiger partial charge in [-0.3, -0.25) is 0 Å². The molecule has 0 aliphatic rings. The number of H-pyrrole nitrogens is 1. The molecule has 0 bridgehead atoms. The molecule has 5 heteroatoms. The minimum Gasteiger partial charge on any atom is -0.387 e. The second-order valence-electron chi connectivity index (χ2n) is 3.29. The van der Waals surface area contributed by atoms with E-state index in [1.807, 2.05) is 12.1 Å². The Balaban J connectivity index is 2.58. The fraction of sp³-hybridized carbons (Fsp3) is 0.200. The number of nitrogens with one attached hydrogen (secondary N) is 1. The third-order valence-corrected chi connectivity index (χ3v) is 2.50. The van der Waals surface area contributed by atoms with Crippen molar-refractivity contribution in [3.63, 3.8) is 0 Å². The minimum atomic E-state index is -0.699. The van der Waals surface area contributed by atoms with Crippen LogP contribution in [0.1, 0.15) is 11.7 Å². The molecular weight excluding hydrogens is 216 g/mol. The molecule has 0 saturated heterocycles. The molecule has 0 saturated carbocycles. The maximum Gasteiger partial charge on any atom is 0.170 e. The number of aliphatic hydroxyl groups excluding tert-OH is 1. The number of nitrogens with two attached hydrogens (primary N) is 1. The number of hydrogen-bond donors (Lipinski definition) is 3. The summed E-state index contributed by atoms with van der Waals surface area (Å²) in [6, 6.07) is 5.40. The highest BCUT2D eigenvalue weighted by molar-refractivity contribution is 6.10. The first-order valence-electron chi connectivity index (χ1n) is 4.54. The Hall–Kier alpha value is -1.23. The Morgan fingerprint density at radius 3 is 3.00 bits per heavy atom. The smallest absolute Gasteiger partial charge is 0.170 e. The lowest BCUT2D eigenvalue weighted by atomic mass is 10.1. The molecule has 0 radical (unpaired) electrons. The lowest BCUT2D eigenvalue weighted by molar-refractivity contribution is 0.186. The predicted octanol–water partition coefficient (Wildman–Crippen LogP) is 1.69. The second kappa shape index (κ2) is 4.10. The fourth-order valence-electron chi connectivity index (χ4n) is 1.55. The van der Waals surface area contributed by atoms with Gasteiger partial charge >= 0.3 is 0 Å². The van der Waals surface area contributed by atoms with Crippen LogP contribution in [0.3, 0.4) is 0 Å². The van der Waals surface area contributed by atoms with Crippen molar-refractivity contribution in [1.29, 1.82) is 0 Å². The van der Waals surface area contributed by atoms with E-state index in [0.717, 1.165) is 10.9 Å². The van der Waals surface area contributed by atoms with Crippen LogP contribution in [0.25, 0.3) is 10.9 Å². The highest BCUT2D eigenvalue weighted by atomic mass is 35.5. The second-order valence-corrected chi connectivity index (χ2v) is 3.44. The zero-order chi connectivity index (χ0) is 10.8. The number of halogens is 1. The highest BCUT2D eigenvalue weighted by Crippen LogP contribution is 2.29. The summed E-state index contributed by atoms with van der Waals surface area (Å²) in [6.07, 6.45) is 1.08. The van der Waals surface area contributed by atoms with Gasteiger partial charge in [0.25, 0.3) is 0 Å². The first-order chi connectivity index (χ1) is 7.26. The Kier molecular flexibility index (Phi) is 2.81. The van der Waals surface area contributed by atoms with Crippen molar-refractivity contribution >= 4 is 22.8 Å². The first-order valence-corrected chi connectivity index (χ1v) is 4.85. The molecule has 0 fully saturated rings. The van der Waals surface area contributed by atoms with Gasteiger partial charge in [0.1, 0.15) is 11.9 Å². The molecule has 1 aromatic heterocycles. The van der Waals surface area contributed by atoms with Crippen molar-refractivity contribution in [3.8, 4) is 5.75 Å². The van der Waals surface area contributed by atoms with Crippen molar-refractivity contribution in [1.82, 2.24) is 4.98 Å². The lowest BCUT2D eigenvalue weighted by Gasteiger charge is -2.09. The summed E-state index contributed by atoms with van der Waals surface area (Å²) in [5.74, 6) is 0.488. The maximum atomic E-state index is 9.61. The maximum absolute atomic E-state index is 9.61. The summed E-state index contributed by atoms with van der Waals surface area (Å²) in [5, 5.41) is 10.5. The normalized spacial score (nSPS) is 13.0.